The lowest BCUT2D eigenvalue weighted by atomic mass is 9.83. The molecule has 1 unspecified atom stereocenters. The fraction of sp³-hybridized carbons (Fsp3) is 0.562. The number of carboxylic acid groups (broad SMARTS) is 1. The SMILES string of the molecule is CCC(O)(CC)CC(Cc1ccccc1OC)C(=O)O. The van der Waals surface area contributed by atoms with Gasteiger partial charge in [-0.25, -0.2) is 0 Å². The van der Waals surface area contributed by atoms with E-state index in [2.05, 4.69) is 0 Å². The summed E-state index contributed by atoms with van der Waals surface area (Å²) in [5, 5.41) is 19.8. The lowest BCUT2D eigenvalue weighted by Gasteiger charge is -2.28. The van der Waals surface area contributed by atoms with E-state index in [1.807, 2.05) is 38.1 Å². The van der Waals surface area contributed by atoms with Gasteiger partial charge in [0.05, 0.1) is 18.6 Å². The van der Waals surface area contributed by atoms with Gasteiger partial charge in [0.2, 0.25) is 0 Å². The maximum atomic E-state index is 11.5. The Labute approximate surface area is 120 Å². The molecule has 2 N–H and O–H groups in total. The van der Waals surface area contributed by atoms with Crippen LogP contribution in [0.3, 0.4) is 0 Å². The van der Waals surface area contributed by atoms with Crippen LogP contribution >= 0.6 is 0 Å². The third-order valence-electron chi connectivity index (χ3n) is 3.95. The van der Waals surface area contributed by atoms with Gasteiger partial charge >= 0.3 is 5.97 Å². The summed E-state index contributed by atoms with van der Waals surface area (Å²) in [6.45, 7) is 3.76. The van der Waals surface area contributed by atoms with E-state index in [1.165, 1.54) is 0 Å². The predicted molar refractivity (Wildman–Crippen MR) is 78.0 cm³/mol. The number of carbonyl (C=O) groups is 1. The number of hydrogen-bond acceptors (Lipinski definition) is 3. The highest BCUT2D eigenvalue weighted by Gasteiger charge is 2.31. The predicted octanol–water partition coefficient (Wildman–Crippen LogP) is 2.88. The van der Waals surface area contributed by atoms with Crippen LogP contribution in [0.2, 0.25) is 0 Å². The smallest absolute Gasteiger partial charge is 0.306 e. The second kappa shape index (κ2) is 7.29. The van der Waals surface area contributed by atoms with Gasteiger partial charge in [-0.05, 0) is 37.3 Å². The third-order valence-corrected chi connectivity index (χ3v) is 3.95. The van der Waals surface area contributed by atoms with Gasteiger partial charge < -0.3 is 14.9 Å². The van der Waals surface area contributed by atoms with E-state index in [9.17, 15) is 15.0 Å². The van der Waals surface area contributed by atoms with Crippen LogP contribution in [0.25, 0.3) is 0 Å². The molecular formula is C16H24O4. The van der Waals surface area contributed by atoms with Gasteiger partial charge in [-0.1, -0.05) is 32.0 Å². The van der Waals surface area contributed by atoms with Gasteiger partial charge in [-0.15, -0.1) is 0 Å². The highest BCUT2D eigenvalue weighted by molar-refractivity contribution is 5.70. The fourth-order valence-corrected chi connectivity index (χ4v) is 2.38. The molecule has 0 aliphatic heterocycles. The minimum Gasteiger partial charge on any atom is -0.496 e. The molecule has 1 rings (SSSR count). The van der Waals surface area contributed by atoms with Crippen LogP contribution < -0.4 is 4.74 Å². The number of para-hydroxylation sites is 1. The van der Waals surface area contributed by atoms with Crippen LogP contribution in [-0.4, -0.2) is 28.9 Å². The van der Waals surface area contributed by atoms with Crippen molar-refractivity contribution < 1.29 is 19.7 Å². The maximum absolute atomic E-state index is 11.5. The number of carboxylic acids is 1. The largest absolute Gasteiger partial charge is 0.496 e. The van der Waals surface area contributed by atoms with E-state index in [4.69, 9.17) is 4.74 Å². The van der Waals surface area contributed by atoms with Crippen molar-refractivity contribution in [2.24, 2.45) is 5.92 Å². The zero-order valence-electron chi connectivity index (χ0n) is 12.4. The molecule has 1 aromatic carbocycles. The monoisotopic (exact) mass is 280 g/mol. The van der Waals surface area contributed by atoms with Gasteiger partial charge in [0.1, 0.15) is 5.75 Å². The number of hydrogen-bond donors (Lipinski definition) is 2. The molecule has 0 fully saturated rings. The van der Waals surface area contributed by atoms with Gasteiger partial charge in [-0.3, -0.25) is 4.79 Å². The van der Waals surface area contributed by atoms with Crippen molar-refractivity contribution >= 4 is 5.97 Å². The Morgan fingerprint density at radius 1 is 1.30 bits per heavy atom. The lowest BCUT2D eigenvalue weighted by molar-refractivity contribution is -0.144. The van der Waals surface area contributed by atoms with E-state index in [-0.39, 0.29) is 6.42 Å². The van der Waals surface area contributed by atoms with Gasteiger partial charge in [0.25, 0.3) is 0 Å². The molecule has 0 aliphatic rings. The van der Waals surface area contributed by atoms with Gasteiger partial charge in [-0.2, -0.15) is 0 Å². The van der Waals surface area contributed by atoms with Crippen molar-refractivity contribution in [3.05, 3.63) is 29.8 Å². The van der Waals surface area contributed by atoms with Crippen molar-refractivity contribution in [3.8, 4) is 5.75 Å². The normalized spacial score (nSPS) is 13.0. The minimum absolute atomic E-state index is 0.257. The van der Waals surface area contributed by atoms with Crippen molar-refractivity contribution in [2.75, 3.05) is 7.11 Å². The van der Waals surface area contributed by atoms with Crippen LogP contribution in [0.5, 0.6) is 5.75 Å². The van der Waals surface area contributed by atoms with Crippen LogP contribution in [0.1, 0.15) is 38.7 Å². The van der Waals surface area contributed by atoms with Crippen LogP contribution in [0.15, 0.2) is 24.3 Å². The zero-order valence-corrected chi connectivity index (χ0v) is 12.4. The molecule has 0 aromatic heterocycles. The summed E-state index contributed by atoms with van der Waals surface area (Å²) in [5.74, 6) is -0.803. The number of benzene rings is 1. The molecule has 112 valence electrons. The molecule has 0 radical (unpaired) electrons. The summed E-state index contributed by atoms with van der Waals surface area (Å²) in [6.07, 6.45) is 1.73. The van der Waals surface area contributed by atoms with E-state index < -0.39 is 17.5 Å². The first kappa shape index (κ1) is 16.5. The molecule has 0 aliphatic carbocycles. The second-order valence-corrected chi connectivity index (χ2v) is 5.19. The van der Waals surface area contributed by atoms with E-state index in [0.717, 1.165) is 5.56 Å². The molecule has 0 spiro atoms. The molecule has 20 heavy (non-hydrogen) atoms. The highest BCUT2D eigenvalue weighted by Crippen LogP contribution is 2.29. The van der Waals surface area contributed by atoms with Crippen LogP contribution in [0, 0.1) is 5.92 Å². The quantitative estimate of drug-likeness (QED) is 0.768. The molecule has 4 nitrogen and oxygen atoms in total. The Hall–Kier alpha value is -1.55. The maximum Gasteiger partial charge on any atom is 0.306 e. The first-order valence-corrected chi connectivity index (χ1v) is 7.02. The highest BCUT2D eigenvalue weighted by atomic mass is 16.5. The summed E-state index contributed by atoms with van der Waals surface area (Å²) >= 11 is 0. The Morgan fingerprint density at radius 3 is 2.40 bits per heavy atom. The van der Waals surface area contributed by atoms with Crippen molar-refractivity contribution in [3.63, 3.8) is 0 Å². The average molecular weight is 280 g/mol. The number of rotatable bonds is 8. The molecule has 0 heterocycles. The molecule has 4 heteroatoms. The van der Waals surface area contributed by atoms with Crippen LogP contribution in [0.4, 0.5) is 0 Å². The zero-order chi connectivity index (χ0) is 15.2. The topological polar surface area (TPSA) is 66.8 Å². The summed E-state index contributed by atoms with van der Waals surface area (Å²) < 4.78 is 5.25. The first-order chi connectivity index (χ1) is 9.45. The fourth-order valence-electron chi connectivity index (χ4n) is 2.38. The molecule has 1 atom stereocenters. The summed E-state index contributed by atoms with van der Waals surface area (Å²) in [4.78, 5) is 11.5. The van der Waals surface area contributed by atoms with Gasteiger partial charge in [0.15, 0.2) is 0 Å². The molecule has 0 amide bonds. The van der Waals surface area contributed by atoms with E-state index >= 15 is 0 Å². The van der Waals surface area contributed by atoms with Crippen molar-refractivity contribution in [1.82, 2.24) is 0 Å². The average Bonchev–Trinajstić information content (AvgIpc) is 2.46. The molecule has 0 saturated carbocycles. The third kappa shape index (κ3) is 4.23. The molecule has 1 aromatic rings. The second-order valence-electron chi connectivity index (χ2n) is 5.19. The molecule has 0 saturated heterocycles. The number of methoxy groups -OCH3 is 1. The molecule has 0 bridgehead atoms. The Morgan fingerprint density at radius 2 is 1.90 bits per heavy atom. The lowest BCUT2D eigenvalue weighted by Crippen LogP contribution is -2.33. The van der Waals surface area contributed by atoms with Crippen molar-refractivity contribution in [2.45, 2.75) is 45.1 Å². The van der Waals surface area contributed by atoms with E-state index in [1.54, 1.807) is 7.11 Å². The molecular weight excluding hydrogens is 256 g/mol. The van der Waals surface area contributed by atoms with Crippen molar-refractivity contribution in [1.29, 1.82) is 0 Å². The number of ether oxygens (including phenoxy) is 1. The van der Waals surface area contributed by atoms with Gasteiger partial charge in [0, 0.05) is 0 Å². The van der Waals surface area contributed by atoms with E-state index in [0.29, 0.717) is 25.0 Å². The Kier molecular flexibility index (Phi) is 6.02. The standard InChI is InChI=1S/C16H24O4/c1-4-16(19,5-2)11-13(15(17)18)10-12-8-6-7-9-14(12)20-3/h6-9,13,19H,4-5,10-11H2,1-3H3,(H,17,18). The summed E-state index contributed by atoms with van der Waals surface area (Å²) in [6, 6.07) is 7.40. The first-order valence-electron chi connectivity index (χ1n) is 7.02. The minimum atomic E-state index is -0.912. The Balaban J connectivity index is 2.90. The van der Waals surface area contributed by atoms with Crippen LogP contribution in [-0.2, 0) is 11.2 Å². The Bertz CT molecular complexity index is 438. The summed E-state index contributed by atoms with van der Waals surface area (Å²) in [7, 11) is 1.57. The summed E-state index contributed by atoms with van der Waals surface area (Å²) in [5.41, 5.74) is -0.0533. The number of aliphatic carboxylic acids is 1. The number of aliphatic hydroxyl groups is 1.